The fourth-order valence-corrected chi connectivity index (χ4v) is 2.39. The number of halogens is 1. The van der Waals surface area contributed by atoms with Crippen molar-refractivity contribution in [2.45, 2.75) is 6.61 Å². The molecule has 138 valence electrons. The molecule has 1 heterocycles. The van der Waals surface area contributed by atoms with E-state index in [4.69, 9.17) is 25.5 Å². The lowest BCUT2D eigenvalue weighted by molar-refractivity contribution is -0.119. The van der Waals surface area contributed by atoms with E-state index in [1.807, 2.05) is 30.3 Å². The van der Waals surface area contributed by atoms with Crippen LogP contribution < -0.4 is 10.1 Å². The summed E-state index contributed by atoms with van der Waals surface area (Å²) in [4.78, 5) is 23.8. The Morgan fingerprint density at radius 2 is 1.81 bits per heavy atom. The van der Waals surface area contributed by atoms with Crippen LogP contribution in [0.5, 0.6) is 5.75 Å². The van der Waals surface area contributed by atoms with E-state index in [1.54, 1.807) is 30.3 Å². The number of anilines is 1. The molecule has 1 N–H and O–H groups in total. The third-order valence-corrected chi connectivity index (χ3v) is 3.66. The Morgan fingerprint density at radius 3 is 2.59 bits per heavy atom. The number of carbonyl (C=O) groups is 2. The number of esters is 1. The average molecular weight is 386 g/mol. The predicted octanol–water partition coefficient (Wildman–Crippen LogP) is 4.31. The normalized spacial score (nSPS) is 10.3. The van der Waals surface area contributed by atoms with Crippen molar-refractivity contribution in [2.75, 3.05) is 11.9 Å². The highest BCUT2D eigenvalue weighted by Gasteiger charge is 2.15. The predicted molar refractivity (Wildman–Crippen MR) is 99.8 cm³/mol. The van der Waals surface area contributed by atoms with E-state index in [1.165, 1.54) is 6.07 Å². The molecular formula is C20H16ClNO5. The Balaban J connectivity index is 1.47. The maximum atomic E-state index is 12.0. The van der Waals surface area contributed by atoms with Gasteiger partial charge in [0.25, 0.3) is 5.91 Å². The Morgan fingerprint density at radius 1 is 1.00 bits per heavy atom. The fraction of sp³-hybridized carbons (Fsp3) is 0.100. The van der Waals surface area contributed by atoms with Gasteiger partial charge in [-0.25, -0.2) is 4.79 Å². The van der Waals surface area contributed by atoms with Gasteiger partial charge < -0.3 is 19.2 Å². The van der Waals surface area contributed by atoms with E-state index in [0.717, 1.165) is 0 Å². The van der Waals surface area contributed by atoms with Crippen molar-refractivity contribution >= 4 is 29.2 Å². The van der Waals surface area contributed by atoms with E-state index < -0.39 is 18.5 Å². The molecule has 1 aromatic heterocycles. The number of carbonyl (C=O) groups excluding carboxylic acids is 2. The number of rotatable bonds is 7. The van der Waals surface area contributed by atoms with E-state index in [-0.39, 0.29) is 12.4 Å². The first-order valence-corrected chi connectivity index (χ1v) is 8.47. The largest absolute Gasteiger partial charge is 0.486 e. The standard InChI is InChI=1S/C20H16ClNO5/c21-14-5-4-6-15(11-14)22-19(23)13-26-20(24)18-10-9-17(27-18)12-25-16-7-2-1-3-8-16/h1-11H,12-13H2,(H,22,23). The van der Waals surface area contributed by atoms with E-state index >= 15 is 0 Å². The SMILES string of the molecule is O=C(COC(=O)c1ccc(COc2ccccc2)o1)Nc1cccc(Cl)c1. The van der Waals surface area contributed by atoms with Gasteiger partial charge in [-0.1, -0.05) is 35.9 Å². The summed E-state index contributed by atoms with van der Waals surface area (Å²) in [5.41, 5.74) is 0.516. The molecule has 0 spiro atoms. The Kier molecular flexibility index (Phi) is 6.12. The highest BCUT2D eigenvalue weighted by Crippen LogP contribution is 2.16. The van der Waals surface area contributed by atoms with Gasteiger partial charge in [-0.3, -0.25) is 4.79 Å². The Bertz CT molecular complexity index is 923. The number of hydrogen-bond acceptors (Lipinski definition) is 5. The quantitative estimate of drug-likeness (QED) is 0.613. The van der Waals surface area contributed by atoms with Gasteiger partial charge in [0.2, 0.25) is 5.76 Å². The van der Waals surface area contributed by atoms with Crippen LogP contribution in [0.25, 0.3) is 0 Å². The number of nitrogens with one attached hydrogen (secondary N) is 1. The third kappa shape index (κ3) is 5.62. The molecule has 0 fully saturated rings. The summed E-state index contributed by atoms with van der Waals surface area (Å²) in [6.45, 7) is -0.269. The number of benzene rings is 2. The summed E-state index contributed by atoms with van der Waals surface area (Å²) in [6, 6.07) is 19.0. The highest BCUT2D eigenvalue weighted by atomic mass is 35.5. The first-order valence-electron chi connectivity index (χ1n) is 8.09. The summed E-state index contributed by atoms with van der Waals surface area (Å²) < 4.78 is 15.9. The molecule has 3 rings (SSSR count). The molecule has 0 saturated heterocycles. The first kappa shape index (κ1) is 18.5. The molecular weight excluding hydrogens is 370 g/mol. The molecule has 0 unspecified atom stereocenters. The van der Waals surface area contributed by atoms with Crippen molar-refractivity contribution < 1.29 is 23.5 Å². The average Bonchev–Trinajstić information content (AvgIpc) is 3.14. The van der Waals surface area contributed by atoms with Crippen LogP contribution in [0.15, 0.2) is 71.1 Å². The van der Waals surface area contributed by atoms with Crippen LogP contribution in [0.2, 0.25) is 5.02 Å². The first-order chi connectivity index (χ1) is 13.1. The molecule has 27 heavy (non-hydrogen) atoms. The molecule has 3 aromatic rings. The second-order valence-electron chi connectivity index (χ2n) is 5.50. The minimum atomic E-state index is -0.734. The number of hydrogen-bond donors (Lipinski definition) is 1. The van der Waals surface area contributed by atoms with Crippen LogP contribution in [0, 0.1) is 0 Å². The molecule has 2 aromatic carbocycles. The minimum Gasteiger partial charge on any atom is -0.486 e. The molecule has 6 nitrogen and oxygen atoms in total. The summed E-state index contributed by atoms with van der Waals surface area (Å²) in [5.74, 6) is -0.0610. The number of furan rings is 1. The zero-order valence-corrected chi connectivity index (χ0v) is 14.9. The molecule has 7 heteroatoms. The van der Waals surface area contributed by atoms with Crippen molar-refractivity contribution in [1.29, 1.82) is 0 Å². The summed E-state index contributed by atoms with van der Waals surface area (Å²) >= 11 is 5.84. The molecule has 0 aliphatic carbocycles. The van der Waals surface area contributed by atoms with Gasteiger partial charge in [-0.05, 0) is 42.5 Å². The summed E-state index contributed by atoms with van der Waals surface area (Å²) in [7, 11) is 0. The van der Waals surface area contributed by atoms with Gasteiger partial charge in [0, 0.05) is 10.7 Å². The molecule has 0 radical (unpaired) electrons. The lowest BCUT2D eigenvalue weighted by atomic mass is 10.3. The number of amides is 1. The zero-order valence-electron chi connectivity index (χ0n) is 14.2. The van der Waals surface area contributed by atoms with Crippen molar-refractivity contribution in [3.05, 3.63) is 83.3 Å². The van der Waals surface area contributed by atoms with Crippen molar-refractivity contribution in [3.8, 4) is 5.75 Å². The van der Waals surface area contributed by atoms with Gasteiger partial charge in [0.05, 0.1) is 0 Å². The lowest BCUT2D eigenvalue weighted by Gasteiger charge is -2.06. The van der Waals surface area contributed by atoms with E-state index in [9.17, 15) is 9.59 Å². The van der Waals surface area contributed by atoms with Crippen molar-refractivity contribution in [2.24, 2.45) is 0 Å². The Hall–Kier alpha value is -3.25. The van der Waals surface area contributed by atoms with Crippen LogP contribution in [0.4, 0.5) is 5.69 Å². The maximum absolute atomic E-state index is 12.0. The summed E-state index contributed by atoms with van der Waals surface area (Å²) in [5, 5.41) is 3.07. The van der Waals surface area contributed by atoms with Crippen LogP contribution in [0.1, 0.15) is 16.3 Å². The number of ether oxygens (including phenoxy) is 2. The third-order valence-electron chi connectivity index (χ3n) is 3.43. The van der Waals surface area contributed by atoms with Gasteiger partial charge in [-0.15, -0.1) is 0 Å². The topological polar surface area (TPSA) is 77.8 Å². The van der Waals surface area contributed by atoms with Gasteiger partial charge in [0.15, 0.2) is 6.61 Å². The van der Waals surface area contributed by atoms with Gasteiger partial charge in [-0.2, -0.15) is 0 Å². The van der Waals surface area contributed by atoms with Crippen LogP contribution in [0.3, 0.4) is 0 Å². The highest BCUT2D eigenvalue weighted by molar-refractivity contribution is 6.30. The molecule has 0 atom stereocenters. The van der Waals surface area contributed by atoms with E-state index in [0.29, 0.717) is 22.2 Å². The Labute approximate surface area is 160 Å². The lowest BCUT2D eigenvalue weighted by Crippen LogP contribution is -2.20. The molecule has 0 aliphatic rings. The smallest absolute Gasteiger partial charge is 0.374 e. The second kappa shape index (κ2) is 8.91. The van der Waals surface area contributed by atoms with Crippen molar-refractivity contribution in [3.63, 3.8) is 0 Å². The zero-order chi connectivity index (χ0) is 19.1. The monoisotopic (exact) mass is 385 g/mol. The molecule has 1 amide bonds. The molecule has 0 aliphatic heterocycles. The van der Waals surface area contributed by atoms with Crippen LogP contribution in [-0.2, 0) is 16.1 Å². The van der Waals surface area contributed by atoms with Crippen LogP contribution >= 0.6 is 11.6 Å². The maximum Gasteiger partial charge on any atom is 0.374 e. The number of para-hydroxylation sites is 1. The van der Waals surface area contributed by atoms with E-state index in [2.05, 4.69) is 5.32 Å². The fourth-order valence-electron chi connectivity index (χ4n) is 2.20. The minimum absolute atomic E-state index is 0.00258. The van der Waals surface area contributed by atoms with Crippen molar-refractivity contribution in [1.82, 2.24) is 0 Å². The second-order valence-corrected chi connectivity index (χ2v) is 5.94. The summed E-state index contributed by atoms with van der Waals surface area (Å²) in [6.07, 6.45) is 0. The molecule has 0 saturated carbocycles. The van der Waals surface area contributed by atoms with Crippen LogP contribution in [-0.4, -0.2) is 18.5 Å². The van der Waals surface area contributed by atoms with Gasteiger partial charge in [0.1, 0.15) is 18.1 Å². The van der Waals surface area contributed by atoms with Gasteiger partial charge >= 0.3 is 5.97 Å². The molecule has 0 bridgehead atoms.